The van der Waals surface area contributed by atoms with Gasteiger partial charge in [0.2, 0.25) is 70.9 Å². The van der Waals surface area contributed by atoms with Gasteiger partial charge in [-0.25, -0.2) is 4.79 Å². The monoisotopic (exact) mass is 1110 g/mol. The summed E-state index contributed by atoms with van der Waals surface area (Å²) in [6, 6.07) is -13.0. The van der Waals surface area contributed by atoms with Crippen molar-refractivity contribution in [3.63, 3.8) is 0 Å². The zero-order valence-electron chi connectivity index (χ0n) is 44.6. The Bertz CT molecular complexity index is 2150. The number of carboxylic acids is 2. The van der Waals surface area contributed by atoms with Gasteiger partial charge in [0.15, 0.2) is 0 Å². The Morgan fingerprint density at radius 1 is 0.526 bits per heavy atom. The van der Waals surface area contributed by atoms with Crippen LogP contribution in [0.1, 0.15) is 118 Å². The molecule has 78 heavy (non-hydrogen) atoms. The highest BCUT2D eigenvalue weighted by Gasteiger charge is 2.38. The number of carbonyl (C=O) groups excluding carboxylic acids is 12. The van der Waals surface area contributed by atoms with Crippen molar-refractivity contribution in [3.05, 3.63) is 0 Å². The first-order valence-electron chi connectivity index (χ1n) is 25.7. The number of primary amides is 3. The van der Waals surface area contributed by atoms with Gasteiger partial charge >= 0.3 is 11.9 Å². The first-order valence-corrected chi connectivity index (χ1v) is 25.7. The fourth-order valence-electron chi connectivity index (χ4n) is 7.98. The molecule has 0 aromatic heterocycles. The first-order chi connectivity index (χ1) is 36.5. The van der Waals surface area contributed by atoms with E-state index in [1.807, 2.05) is 0 Å². The smallest absolute Gasteiger partial charge is 0.326 e. The number of aliphatic carboxylic acids is 2. The lowest BCUT2D eigenvalue weighted by molar-refractivity contribution is -0.143. The van der Waals surface area contributed by atoms with E-state index in [2.05, 4.69) is 42.5 Å². The maximum Gasteiger partial charge on any atom is 0.326 e. The number of unbranched alkanes of at least 4 members (excludes halogenated alkanes) is 2. The van der Waals surface area contributed by atoms with Crippen molar-refractivity contribution in [2.75, 3.05) is 26.2 Å². The number of carboxylic acid groups (broad SMARTS) is 2. The van der Waals surface area contributed by atoms with Crippen molar-refractivity contribution in [1.29, 1.82) is 0 Å². The number of carbonyl (C=O) groups is 14. The van der Waals surface area contributed by atoms with Crippen molar-refractivity contribution in [2.24, 2.45) is 46.2 Å². The van der Waals surface area contributed by atoms with E-state index in [1.54, 1.807) is 0 Å². The molecular formula is C47H81N15O16. The molecule has 0 aromatic carbocycles. The standard InChI is InChI=1S/C47H81N15O16/c1-23(2)37(44(74)56-27(11-6-8-18-49)40(70)59-30(21-34(53)65)42(72)61-38(24(3)4)45(75)57-28(47(77)78)14-15-32(51)63)60-41(71)29(20-33(52)64)58-39(69)26(10-5-7-17-48)55-35(66)22-54-43(73)31-12-9-19-62(31)46(76)25(50)13-16-36(67)68/h23-31,37-38H,5-22,48-50H2,1-4H3,(H2,51,63)(H2,52,64)(H2,53,65)(H,54,73)(H,55,66)(H,56,74)(H,57,75)(H,58,69)(H,59,70)(H,60,71)(H,61,72)(H,67,68)(H,77,78)/t25-,26-,27-,28-,29-,30-,31-,37-,38-/m0/s1. The fraction of sp³-hybridized carbons (Fsp3) is 0.702. The second kappa shape index (κ2) is 35.0. The van der Waals surface area contributed by atoms with Crippen LogP contribution < -0.4 is 76.9 Å². The number of hydrogen-bond acceptors (Lipinski definition) is 17. The maximum atomic E-state index is 14.0. The van der Waals surface area contributed by atoms with Gasteiger partial charge in [-0.15, -0.1) is 0 Å². The Balaban J connectivity index is 3.32. The highest BCUT2D eigenvalue weighted by molar-refractivity contribution is 6.00. The molecule has 1 aliphatic heterocycles. The SMILES string of the molecule is CC(C)[C@H](NC(=O)[C@H](CC(N)=O)NC(=O)[C@H](CCCCN)NC(=O)[C@@H](NC(=O)[C@H](CC(N)=O)NC(=O)[C@H](CCCCN)NC(=O)CNC(=O)[C@@H]1CCCN1C(=O)[C@@H](N)CCC(=O)O)C(C)C)C(=O)N[C@@H](CCC(N)=O)C(=O)O. The third-order valence-electron chi connectivity index (χ3n) is 12.3. The highest BCUT2D eigenvalue weighted by Crippen LogP contribution is 2.19. The molecule has 31 heteroatoms. The van der Waals surface area contributed by atoms with E-state index in [4.69, 9.17) is 39.5 Å². The van der Waals surface area contributed by atoms with Gasteiger partial charge in [0, 0.05) is 19.4 Å². The summed E-state index contributed by atoms with van der Waals surface area (Å²) in [6.07, 6.45) is -1.13. The number of rotatable bonds is 38. The normalized spacial score (nSPS) is 16.1. The predicted molar refractivity (Wildman–Crippen MR) is 275 cm³/mol. The Morgan fingerprint density at radius 2 is 0.962 bits per heavy atom. The average Bonchev–Trinajstić information content (AvgIpc) is 3.85. The number of nitrogens with one attached hydrogen (secondary N) is 8. The minimum Gasteiger partial charge on any atom is -0.481 e. The number of likely N-dealkylation sites (tertiary alicyclic amines) is 1. The summed E-state index contributed by atoms with van der Waals surface area (Å²) in [5.74, 6) is -15.4. The van der Waals surface area contributed by atoms with E-state index in [0.29, 0.717) is 19.3 Å². The molecule has 9 atom stereocenters. The van der Waals surface area contributed by atoms with Crippen molar-refractivity contribution in [3.8, 4) is 0 Å². The summed E-state index contributed by atoms with van der Waals surface area (Å²) in [5.41, 5.74) is 33.2. The molecule has 0 spiro atoms. The topological polar surface area (TPSA) is 535 Å². The van der Waals surface area contributed by atoms with Crippen LogP contribution >= 0.6 is 0 Å². The Kier molecular flexibility index (Phi) is 30.7. The lowest BCUT2D eigenvalue weighted by Gasteiger charge is -2.29. The zero-order valence-corrected chi connectivity index (χ0v) is 44.6. The van der Waals surface area contributed by atoms with Gasteiger partial charge in [-0.3, -0.25) is 62.3 Å². The van der Waals surface area contributed by atoms with Crippen molar-refractivity contribution in [1.82, 2.24) is 47.4 Å². The number of nitrogens with two attached hydrogens (primary N) is 6. The summed E-state index contributed by atoms with van der Waals surface area (Å²) in [6.45, 7) is 5.91. The highest BCUT2D eigenvalue weighted by atomic mass is 16.4. The van der Waals surface area contributed by atoms with Crippen LogP contribution in [0, 0.1) is 11.8 Å². The molecule has 0 aromatic rings. The second-order valence-electron chi connectivity index (χ2n) is 19.5. The van der Waals surface area contributed by atoms with Gasteiger partial charge in [-0.05, 0) is 89.1 Å². The third-order valence-corrected chi connectivity index (χ3v) is 12.3. The van der Waals surface area contributed by atoms with Gasteiger partial charge in [-0.1, -0.05) is 27.7 Å². The van der Waals surface area contributed by atoms with Gasteiger partial charge < -0.3 is 92.0 Å². The van der Waals surface area contributed by atoms with E-state index in [-0.39, 0.29) is 77.4 Å². The minimum atomic E-state index is -1.76. The molecule has 1 aliphatic rings. The second-order valence-corrected chi connectivity index (χ2v) is 19.5. The maximum absolute atomic E-state index is 14.0. The Labute approximate surface area is 451 Å². The van der Waals surface area contributed by atoms with Crippen LogP contribution in [0.15, 0.2) is 0 Å². The third kappa shape index (κ3) is 25.1. The molecule has 0 aliphatic carbocycles. The minimum absolute atomic E-state index is 0.0418. The van der Waals surface area contributed by atoms with E-state index >= 15 is 0 Å². The first kappa shape index (κ1) is 68.5. The van der Waals surface area contributed by atoms with Crippen LogP contribution in [0.5, 0.6) is 0 Å². The molecule has 22 N–H and O–H groups in total. The van der Waals surface area contributed by atoms with Gasteiger partial charge in [-0.2, -0.15) is 0 Å². The van der Waals surface area contributed by atoms with Crippen LogP contribution in [0.2, 0.25) is 0 Å². The number of amides is 12. The van der Waals surface area contributed by atoms with E-state index in [9.17, 15) is 72.2 Å². The number of hydrogen-bond donors (Lipinski definition) is 16. The summed E-state index contributed by atoms with van der Waals surface area (Å²) in [4.78, 5) is 182. The van der Waals surface area contributed by atoms with E-state index < -0.39 is 168 Å². The van der Waals surface area contributed by atoms with Crippen molar-refractivity contribution in [2.45, 2.75) is 172 Å². The largest absolute Gasteiger partial charge is 0.481 e. The summed E-state index contributed by atoms with van der Waals surface area (Å²) < 4.78 is 0. The molecule has 440 valence electrons. The van der Waals surface area contributed by atoms with Gasteiger partial charge in [0.25, 0.3) is 0 Å². The van der Waals surface area contributed by atoms with Crippen molar-refractivity contribution >= 4 is 82.8 Å². The predicted octanol–water partition coefficient (Wildman–Crippen LogP) is -6.65. The lowest BCUT2D eigenvalue weighted by atomic mass is 10.00. The lowest BCUT2D eigenvalue weighted by Crippen LogP contribution is -2.61. The molecule has 31 nitrogen and oxygen atoms in total. The van der Waals surface area contributed by atoms with Crippen LogP contribution in [0.4, 0.5) is 0 Å². The molecule has 0 bridgehead atoms. The van der Waals surface area contributed by atoms with Gasteiger partial charge in [0.1, 0.15) is 48.3 Å². The average molecular weight is 1110 g/mol. The summed E-state index contributed by atoms with van der Waals surface area (Å²) in [7, 11) is 0. The molecular weight excluding hydrogens is 1030 g/mol. The number of nitrogens with zero attached hydrogens (tertiary/aromatic N) is 1. The Hall–Kier alpha value is -7.54. The molecule has 0 saturated carbocycles. The van der Waals surface area contributed by atoms with Crippen molar-refractivity contribution < 1.29 is 77.3 Å². The molecule has 1 saturated heterocycles. The molecule has 1 fully saturated rings. The molecule has 0 radical (unpaired) electrons. The summed E-state index contributed by atoms with van der Waals surface area (Å²) >= 11 is 0. The van der Waals surface area contributed by atoms with Crippen LogP contribution in [-0.2, 0) is 67.1 Å². The summed E-state index contributed by atoms with van der Waals surface area (Å²) in [5, 5.41) is 37.8. The van der Waals surface area contributed by atoms with E-state index in [0.717, 1.165) is 0 Å². The van der Waals surface area contributed by atoms with Crippen LogP contribution in [0.25, 0.3) is 0 Å². The molecule has 0 unspecified atom stereocenters. The van der Waals surface area contributed by atoms with Crippen LogP contribution in [0.3, 0.4) is 0 Å². The van der Waals surface area contributed by atoms with Gasteiger partial charge in [0.05, 0.1) is 25.4 Å². The molecule has 12 amide bonds. The van der Waals surface area contributed by atoms with E-state index in [1.165, 1.54) is 32.6 Å². The zero-order chi connectivity index (χ0) is 59.4. The molecule has 1 heterocycles. The Morgan fingerprint density at radius 3 is 1.37 bits per heavy atom. The quantitative estimate of drug-likeness (QED) is 0.0256. The van der Waals surface area contributed by atoms with Crippen LogP contribution in [-0.4, -0.2) is 178 Å². The fourth-order valence-corrected chi connectivity index (χ4v) is 7.98. The molecule has 1 rings (SSSR count).